The zero-order chi connectivity index (χ0) is 17.1. The van der Waals surface area contributed by atoms with E-state index in [1.165, 1.54) is 18.2 Å². The van der Waals surface area contributed by atoms with Crippen molar-refractivity contribution in [1.82, 2.24) is 0 Å². The lowest BCUT2D eigenvalue weighted by Gasteiger charge is -2.05. The van der Waals surface area contributed by atoms with Crippen molar-refractivity contribution in [3.8, 4) is 5.75 Å². The lowest BCUT2D eigenvalue weighted by Crippen LogP contribution is -1.99. The fraction of sp³-hybridized carbons (Fsp3) is 0. The number of nitrogens with zero attached hydrogens (tertiary/aromatic N) is 2. The molecule has 0 heterocycles. The summed E-state index contributed by atoms with van der Waals surface area (Å²) in [5, 5.41) is 40.1. The van der Waals surface area contributed by atoms with Gasteiger partial charge in [0, 0.05) is 23.1 Å². The summed E-state index contributed by atoms with van der Waals surface area (Å²) in [4.78, 5) is 31.6. The molecule has 2 N–H and O–H groups in total. The van der Waals surface area contributed by atoms with Crippen LogP contribution >= 0.6 is 11.8 Å². The molecule has 0 aromatic heterocycles. The third-order valence-electron chi connectivity index (χ3n) is 2.77. The second-order valence-electron chi connectivity index (χ2n) is 4.25. The second kappa shape index (κ2) is 6.32. The molecule has 0 radical (unpaired) electrons. The van der Waals surface area contributed by atoms with Gasteiger partial charge in [0.05, 0.1) is 20.3 Å². The number of nitro groups is 2. The Morgan fingerprint density at radius 2 is 1.65 bits per heavy atom. The molecule has 0 spiro atoms. The van der Waals surface area contributed by atoms with E-state index in [0.29, 0.717) is 4.90 Å². The molecular weight excluding hydrogens is 328 g/mol. The van der Waals surface area contributed by atoms with E-state index in [-0.39, 0.29) is 10.5 Å². The maximum atomic E-state index is 11.1. The maximum absolute atomic E-state index is 11.1. The molecular formula is C13H8N2O7S. The summed E-state index contributed by atoms with van der Waals surface area (Å²) >= 11 is 0.880. The zero-order valence-corrected chi connectivity index (χ0v) is 12.0. The normalized spacial score (nSPS) is 10.3. The van der Waals surface area contributed by atoms with E-state index in [0.717, 1.165) is 30.0 Å². The summed E-state index contributed by atoms with van der Waals surface area (Å²) in [6.45, 7) is 0. The van der Waals surface area contributed by atoms with Gasteiger partial charge in [-0.25, -0.2) is 4.79 Å². The predicted molar refractivity (Wildman–Crippen MR) is 78.9 cm³/mol. The summed E-state index contributed by atoms with van der Waals surface area (Å²) in [5.41, 5.74) is -1.12. The molecule has 0 aliphatic rings. The van der Waals surface area contributed by atoms with E-state index in [2.05, 4.69) is 0 Å². The molecule has 0 aliphatic heterocycles. The monoisotopic (exact) mass is 336 g/mol. The van der Waals surface area contributed by atoms with Gasteiger partial charge in [0.1, 0.15) is 0 Å². The highest BCUT2D eigenvalue weighted by atomic mass is 32.2. The molecule has 0 atom stereocenters. The molecule has 0 bridgehead atoms. The number of carbonyl (C=O) groups is 1. The first-order valence-electron chi connectivity index (χ1n) is 5.96. The molecule has 0 saturated heterocycles. The minimum Gasteiger partial charge on any atom is -0.502 e. The average Bonchev–Trinajstić information content (AvgIpc) is 2.46. The lowest BCUT2D eigenvalue weighted by molar-refractivity contribution is -0.387. The Morgan fingerprint density at radius 3 is 2.17 bits per heavy atom. The molecule has 0 aliphatic carbocycles. The fourth-order valence-corrected chi connectivity index (χ4v) is 2.66. The van der Waals surface area contributed by atoms with Crippen LogP contribution in [0.25, 0.3) is 0 Å². The first-order valence-corrected chi connectivity index (χ1v) is 6.78. The summed E-state index contributed by atoms with van der Waals surface area (Å²) in [6, 6.07) is 6.92. The fourth-order valence-electron chi connectivity index (χ4n) is 1.73. The molecule has 0 fully saturated rings. The number of hydrogen-bond donors (Lipinski definition) is 2. The Balaban J connectivity index is 2.40. The third kappa shape index (κ3) is 3.55. The summed E-state index contributed by atoms with van der Waals surface area (Å²) in [7, 11) is 0. The number of aromatic hydroxyl groups is 1. The largest absolute Gasteiger partial charge is 0.502 e. The number of phenols is 1. The van der Waals surface area contributed by atoms with E-state index in [1.54, 1.807) is 0 Å². The van der Waals surface area contributed by atoms with Gasteiger partial charge in [-0.1, -0.05) is 11.8 Å². The quantitative estimate of drug-likeness (QED) is 0.626. The van der Waals surface area contributed by atoms with Crippen LogP contribution in [0.1, 0.15) is 10.4 Å². The van der Waals surface area contributed by atoms with Crippen molar-refractivity contribution in [2.24, 2.45) is 0 Å². The van der Waals surface area contributed by atoms with Crippen LogP contribution in [0, 0.1) is 20.2 Å². The van der Waals surface area contributed by atoms with Crippen molar-refractivity contribution >= 4 is 29.1 Å². The molecule has 2 aromatic rings. The Kier molecular flexibility index (Phi) is 4.46. The summed E-state index contributed by atoms with van der Waals surface area (Å²) in [5.74, 6) is -1.86. The standard InChI is InChI=1S/C13H8N2O7S/c16-11-6-8(2-3-9(11)14(19)20)23-12-4-1-7(13(17)18)5-10(12)15(21)22/h1-6,16H,(H,17,18). The van der Waals surface area contributed by atoms with E-state index in [9.17, 15) is 30.1 Å². The van der Waals surface area contributed by atoms with Gasteiger partial charge in [-0.3, -0.25) is 20.2 Å². The van der Waals surface area contributed by atoms with Crippen LogP contribution < -0.4 is 0 Å². The second-order valence-corrected chi connectivity index (χ2v) is 5.37. The van der Waals surface area contributed by atoms with E-state index in [4.69, 9.17) is 5.11 Å². The van der Waals surface area contributed by atoms with E-state index in [1.807, 2.05) is 0 Å². The minimum absolute atomic E-state index is 0.147. The number of nitro benzene ring substituents is 2. The first kappa shape index (κ1) is 16.2. The van der Waals surface area contributed by atoms with Gasteiger partial charge in [-0.05, 0) is 18.2 Å². The number of carboxylic acid groups (broad SMARTS) is 1. The van der Waals surface area contributed by atoms with Crippen molar-refractivity contribution in [1.29, 1.82) is 0 Å². The first-order chi connectivity index (χ1) is 10.8. The van der Waals surface area contributed by atoms with Crippen LogP contribution in [-0.4, -0.2) is 26.0 Å². The maximum Gasteiger partial charge on any atom is 0.335 e. The summed E-state index contributed by atoms with van der Waals surface area (Å²) < 4.78 is 0. The lowest BCUT2D eigenvalue weighted by atomic mass is 10.2. The van der Waals surface area contributed by atoms with E-state index >= 15 is 0 Å². The van der Waals surface area contributed by atoms with Crippen LogP contribution in [-0.2, 0) is 0 Å². The number of benzene rings is 2. The Morgan fingerprint density at radius 1 is 1.00 bits per heavy atom. The molecule has 0 amide bonds. The number of phenolic OH excluding ortho intramolecular Hbond substituents is 1. The Hall–Kier alpha value is -3.14. The zero-order valence-electron chi connectivity index (χ0n) is 11.2. The van der Waals surface area contributed by atoms with Crippen LogP contribution in [0.3, 0.4) is 0 Å². The third-order valence-corrected chi connectivity index (χ3v) is 3.83. The molecule has 0 unspecified atom stereocenters. The van der Waals surface area contributed by atoms with Crippen molar-refractivity contribution < 1.29 is 24.9 Å². The number of carboxylic acids is 1. The molecule has 23 heavy (non-hydrogen) atoms. The predicted octanol–water partition coefficient (Wildman–Crippen LogP) is 3.06. The number of hydrogen-bond acceptors (Lipinski definition) is 7. The number of rotatable bonds is 5. The molecule has 2 rings (SSSR count). The molecule has 0 saturated carbocycles. The minimum atomic E-state index is -1.29. The Labute approximate surface area is 132 Å². The van der Waals surface area contributed by atoms with Crippen LogP contribution in [0.15, 0.2) is 46.2 Å². The van der Waals surface area contributed by atoms with Gasteiger partial charge >= 0.3 is 11.7 Å². The van der Waals surface area contributed by atoms with E-state index < -0.39 is 32.9 Å². The molecule has 2 aromatic carbocycles. The smallest absolute Gasteiger partial charge is 0.335 e. The van der Waals surface area contributed by atoms with Gasteiger partial charge in [0.25, 0.3) is 5.69 Å². The van der Waals surface area contributed by atoms with Gasteiger partial charge in [0.15, 0.2) is 5.75 Å². The molecule has 10 heteroatoms. The molecule has 118 valence electrons. The van der Waals surface area contributed by atoms with Gasteiger partial charge < -0.3 is 10.2 Å². The van der Waals surface area contributed by atoms with Crippen molar-refractivity contribution in [3.63, 3.8) is 0 Å². The SMILES string of the molecule is O=C(O)c1ccc(Sc2ccc([N+](=O)[O-])c(O)c2)c([N+](=O)[O-])c1. The molecule has 9 nitrogen and oxygen atoms in total. The van der Waals surface area contributed by atoms with Crippen molar-refractivity contribution in [2.75, 3.05) is 0 Å². The average molecular weight is 336 g/mol. The van der Waals surface area contributed by atoms with Gasteiger partial charge in [-0.2, -0.15) is 0 Å². The highest BCUT2D eigenvalue weighted by Crippen LogP contribution is 2.38. The topological polar surface area (TPSA) is 144 Å². The van der Waals surface area contributed by atoms with Crippen molar-refractivity contribution in [2.45, 2.75) is 9.79 Å². The van der Waals surface area contributed by atoms with Crippen molar-refractivity contribution in [3.05, 3.63) is 62.2 Å². The highest BCUT2D eigenvalue weighted by Gasteiger charge is 2.19. The van der Waals surface area contributed by atoms with Gasteiger partial charge in [0.2, 0.25) is 0 Å². The Bertz CT molecular complexity index is 822. The summed E-state index contributed by atoms with van der Waals surface area (Å²) in [6.07, 6.45) is 0. The van der Waals surface area contributed by atoms with Crippen LogP contribution in [0.5, 0.6) is 5.75 Å². The highest BCUT2D eigenvalue weighted by molar-refractivity contribution is 7.99. The van der Waals surface area contributed by atoms with Crippen LogP contribution in [0.4, 0.5) is 11.4 Å². The number of aromatic carboxylic acids is 1. The van der Waals surface area contributed by atoms with Crippen LogP contribution in [0.2, 0.25) is 0 Å². The van der Waals surface area contributed by atoms with Gasteiger partial charge in [-0.15, -0.1) is 0 Å².